The summed E-state index contributed by atoms with van der Waals surface area (Å²) in [5, 5.41) is 12.1. The van der Waals surface area contributed by atoms with Gasteiger partial charge in [-0.25, -0.2) is 4.79 Å². The van der Waals surface area contributed by atoms with Gasteiger partial charge in [0.1, 0.15) is 19.2 Å². The number of ether oxygens (including phenoxy) is 1. The first-order valence-corrected chi connectivity index (χ1v) is 13.1. The molecule has 0 saturated heterocycles. The second-order valence-corrected chi connectivity index (χ2v) is 10.2. The maximum Gasteiger partial charge on any atom is 0.407 e. The Morgan fingerprint density at radius 3 is 2.03 bits per heavy atom. The van der Waals surface area contributed by atoms with Crippen LogP contribution in [0.25, 0.3) is 11.1 Å². The molecule has 1 aliphatic rings. The lowest BCUT2D eigenvalue weighted by molar-refractivity contribution is -0.146. The van der Waals surface area contributed by atoms with E-state index in [1.807, 2.05) is 78.7 Å². The van der Waals surface area contributed by atoms with Crippen LogP contribution in [0.1, 0.15) is 36.5 Å². The normalized spacial score (nSPS) is 13.1. The van der Waals surface area contributed by atoms with Gasteiger partial charge < -0.3 is 20.1 Å². The monoisotopic (exact) mass is 529 g/mol. The molecule has 0 bridgehead atoms. The maximum absolute atomic E-state index is 13.5. The molecule has 0 spiro atoms. The van der Waals surface area contributed by atoms with Gasteiger partial charge in [0.05, 0.1) is 0 Å². The number of rotatable bonds is 11. The van der Waals surface area contributed by atoms with Gasteiger partial charge in [-0.2, -0.15) is 0 Å². The Balaban J connectivity index is 1.48. The minimum absolute atomic E-state index is 0.114. The van der Waals surface area contributed by atoms with Crippen LogP contribution in [0.2, 0.25) is 0 Å². The van der Waals surface area contributed by atoms with Crippen LogP contribution in [0.3, 0.4) is 0 Å². The summed E-state index contributed by atoms with van der Waals surface area (Å²) in [4.78, 5) is 41.2. The molecule has 8 heteroatoms. The first-order chi connectivity index (χ1) is 18.7. The molecule has 0 radical (unpaired) electrons. The average Bonchev–Trinajstić information content (AvgIpc) is 3.23. The molecule has 39 heavy (non-hydrogen) atoms. The lowest BCUT2D eigenvalue weighted by Crippen LogP contribution is -2.55. The Labute approximate surface area is 229 Å². The van der Waals surface area contributed by atoms with Crippen LogP contribution in [0.15, 0.2) is 78.9 Å². The van der Waals surface area contributed by atoms with Crippen molar-refractivity contribution < 1.29 is 24.2 Å². The third-order valence-electron chi connectivity index (χ3n) is 6.94. The zero-order chi connectivity index (χ0) is 27.9. The van der Waals surface area contributed by atoms with Gasteiger partial charge in [-0.05, 0) is 48.7 Å². The second kappa shape index (κ2) is 12.6. The zero-order valence-corrected chi connectivity index (χ0v) is 22.5. The van der Waals surface area contributed by atoms with Crippen LogP contribution >= 0.6 is 0 Å². The van der Waals surface area contributed by atoms with E-state index in [1.165, 1.54) is 4.90 Å². The van der Waals surface area contributed by atoms with Crippen molar-refractivity contribution in [2.45, 2.75) is 38.4 Å². The first-order valence-electron chi connectivity index (χ1n) is 13.1. The number of nitrogens with one attached hydrogen (secondary N) is 1. The van der Waals surface area contributed by atoms with Gasteiger partial charge in [0.2, 0.25) is 5.91 Å². The number of nitrogens with zero attached hydrogens (tertiary/aromatic N) is 2. The summed E-state index contributed by atoms with van der Waals surface area (Å²) in [6, 6.07) is 24.6. The third kappa shape index (κ3) is 6.83. The molecule has 3 aromatic carbocycles. The molecule has 0 aliphatic heterocycles. The molecule has 204 valence electrons. The summed E-state index contributed by atoms with van der Waals surface area (Å²) in [7, 11) is 1.85. The lowest BCUT2D eigenvalue weighted by Gasteiger charge is -2.31. The summed E-state index contributed by atoms with van der Waals surface area (Å²) in [5.41, 5.74) is 5.49. The Morgan fingerprint density at radius 2 is 1.46 bits per heavy atom. The average molecular weight is 530 g/mol. The number of carbonyl (C=O) groups excluding carboxylic acids is 2. The van der Waals surface area contributed by atoms with Crippen LogP contribution in [-0.4, -0.2) is 71.7 Å². The van der Waals surface area contributed by atoms with Crippen molar-refractivity contribution in [2.24, 2.45) is 0 Å². The maximum atomic E-state index is 13.5. The summed E-state index contributed by atoms with van der Waals surface area (Å²) in [6.07, 6.45) is -0.720. The van der Waals surface area contributed by atoms with E-state index in [-0.39, 0.29) is 25.1 Å². The summed E-state index contributed by atoms with van der Waals surface area (Å²) in [5.74, 6) is -1.70. The Hall–Kier alpha value is -4.17. The van der Waals surface area contributed by atoms with Crippen molar-refractivity contribution in [3.05, 3.63) is 95.6 Å². The zero-order valence-electron chi connectivity index (χ0n) is 22.5. The van der Waals surface area contributed by atoms with E-state index in [9.17, 15) is 19.5 Å². The largest absolute Gasteiger partial charge is 0.480 e. The van der Waals surface area contributed by atoms with Gasteiger partial charge in [0, 0.05) is 25.0 Å². The van der Waals surface area contributed by atoms with Crippen molar-refractivity contribution in [3.8, 4) is 11.1 Å². The van der Waals surface area contributed by atoms with Crippen molar-refractivity contribution >= 4 is 18.0 Å². The van der Waals surface area contributed by atoms with Gasteiger partial charge in [-0.3, -0.25) is 14.5 Å². The van der Waals surface area contributed by atoms with Gasteiger partial charge in [-0.15, -0.1) is 0 Å². The fraction of sp³-hybridized carbons (Fsp3) is 0.323. The molecule has 1 unspecified atom stereocenters. The fourth-order valence-electron chi connectivity index (χ4n) is 5.10. The van der Waals surface area contributed by atoms with Crippen LogP contribution in [-0.2, 0) is 20.9 Å². The van der Waals surface area contributed by atoms with E-state index in [0.717, 1.165) is 27.8 Å². The fourth-order valence-corrected chi connectivity index (χ4v) is 5.10. The van der Waals surface area contributed by atoms with Crippen molar-refractivity contribution in [1.29, 1.82) is 0 Å². The number of carbonyl (C=O) groups is 3. The molecule has 0 saturated carbocycles. The number of alkyl carbamates (subject to hydrolysis) is 1. The molecule has 0 heterocycles. The van der Waals surface area contributed by atoms with Crippen LogP contribution in [0, 0.1) is 0 Å². The van der Waals surface area contributed by atoms with Gasteiger partial charge in [0.25, 0.3) is 0 Å². The number of amides is 2. The highest BCUT2D eigenvalue weighted by Crippen LogP contribution is 2.44. The van der Waals surface area contributed by atoms with Crippen molar-refractivity contribution in [2.75, 3.05) is 26.7 Å². The topological polar surface area (TPSA) is 99.2 Å². The lowest BCUT2D eigenvalue weighted by atomic mass is 9.98. The minimum atomic E-state index is -1.12. The molecule has 0 aromatic heterocycles. The van der Waals surface area contributed by atoms with Crippen molar-refractivity contribution in [3.63, 3.8) is 0 Å². The van der Waals surface area contributed by atoms with E-state index >= 15 is 0 Å². The molecule has 1 atom stereocenters. The van der Waals surface area contributed by atoms with Crippen LogP contribution in [0.4, 0.5) is 4.79 Å². The quantitative estimate of drug-likeness (QED) is 0.383. The summed E-state index contributed by atoms with van der Waals surface area (Å²) < 4.78 is 5.69. The number of likely N-dealkylation sites (N-methyl/N-ethyl adjacent to an activating group) is 1. The van der Waals surface area contributed by atoms with E-state index in [4.69, 9.17) is 4.74 Å². The smallest absolute Gasteiger partial charge is 0.407 e. The highest BCUT2D eigenvalue weighted by atomic mass is 16.5. The Bertz CT molecular complexity index is 1260. The number of fused-ring (bicyclic) bond motifs is 3. The van der Waals surface area contributed by atoms with E-state index in [2.05, 4.69) is 17.4 Å². The highest BCUT2D eigenvalue weighted by Gasteiger charge is 2.32. The molecule has 4 rings (SSSR count). The molecule has 1 aliphatic carbocycles. The number of carboxylic acids is 1. The van der Waals surface area contributed by atoms with Gasteiger partial charge in [0.15, 0.2) is 0 Å². The predicted molar refractivity (Wildman–Crippen MR) is 149 cm³/mol. The van der Waals surface area contributed by atoms with E-state index in [1.54, 1.807) is 13.8 Å². The van der Waals surface area contributed by atoms with Crippen LogP contribution < -0.4 is 5.32 Å². The number of hydrogen-bond donors (Lipinski definition) is 2. The van der Waals surface area contributed by atoms with Crippen LogP contribution in [0.5, 0.6) is 0 Å². The van der Waals surface area contributed by atoms with Gasteiger partial charge >= 0.3 is 12.1 Å². The van der Waals surface area contributed by atoms with Crippen molar-refractivity contribution in [1.82, 2.24) is 15.1 Å². The first kappa shape index (κ1) is 27.9. The molecular formula is C31H35N3O5. The predicted octanol–water partition coefficient (Wildman–Crippen LogP) is 4.35. The Kier molecular flexibility index (Phi) is 8.99. The third-order valence-corrected chi connectivity index (χ3v) is 6.94. The van der Waals surface area contributed by atoms with E-state index in [0.29, 0.717) is 6.54 Å². The summed E-state index contributed by atoms with van der Waals surface area (Å²) in [6.45, 7) is 3.89. The molecular weight excluding hydrogens is 494 g/mol. The molecule has 2 amide bonds. The number of carboxylic acid groups (broad SMARTS) is 1. The minimum Gasteiger partial charge on any atom is -0.480 e. The molecule has 0 fully saturated rings. The van der Waals surface area contributed by atoms with E-state index < -0.39 is 30.6 Å². The number of hydrogen-bond acceptors (Lipinski definition) is 5. The SMILES string of the molecule is CC(C)N(CC(=O)O)C(=O)C(CN(C)Cc1ccccc1)NC(=O)OCC1c2ccccc2-c2ccccc21. The standard InChI is InChI=1S/C31H35N3O5/c1-21(2)34(19-29(35)36)30(37)28(18-33(3)17-22-11-5-4-6-12-22)32-31(38)39-20-27-25-15-9-7-13-23(25)24-14-8-10-16-26(24)27/h4-16,21,27-28H,17-20H2,1-3H3,(H,32,38)(H,35,36). The Morgan fingerprint density at radius 1 is 0.897 bits per heavy atom. The molecule has 2 N–H and O–H groups in total. The number of benzene rings is 3. The van der Waals surface area contributed by atoms with Gasteiger partial charge in [-0.1, -0.05) is 78.9 Å². The molecule has 3 aromatic rings. The molecule has 8 nitrogen and oxygen atoms in total. The highest BCUT2D eigenvalue weighted by molar-refractivity contribution is 5.88. The number of aliphatic carboxylic acids is 1. The summed E-state index contributed by atoms with van der Waals surface area (Å²) >= 11 is 0. The second-order valence-electron chi connectivity index (χ2n) is 10.2.